The van der Waals surface area contributed by atoms with Crippen molar-refractivity contribution < 1.29 is 9.84 Å². The Labute approximate surface area is 123 Å². The van der Waals surface area contributed by atoms with E-state index in [-0.39, 0.29) is 12.7 Å². The first-order valence-electron chi connectivity index (χ1n) is 6.99. The third-order valence-electron chi connectivity index (χ3n) is 3.81. The van der Waals surface area contributed by atoms with Gasteiger partial charge in [0.2, 0.25) is 0 Å². The molecule has 1 N–H and O–H groups in total. The molecule has 0 spiro atoms. The van der Waals surface area contributed by atoms with Gasteiger partial charge in [0.05, 0.1) is 23.4 Å². The molecule has 0 aliphatic carbocycles. The fourth-order valence-corrected chi connectivity index (χ4v) is 3.58. The number of hydrogen-bond donors (Lipinski definition) is 1. The molecule has 0 saturated carbocycles. The number of benzene rings is 1. The number of hydrogen-bond acceptors (Lipinski definition) is 4. The molecule has 0 bridgehead atoms. The lowest BCUT2D eigenvalue weighted by Crippen LogP contribution is -2.18. The molecule has 1 aromatic carbocycles. The van der Waals surface area contributed by atoms with Gasteiger partial charge in [-0.3, -0.25) is 0 Å². The Kier molecular flexibility index (Phi) is 4.15. The zero-order valence-electron chi connectivity index (χ0n) is 11.6. The largest absolute Gasteiger partial charge is 0.390 e. The fourth-order valence-electron chi connectivity index (χ4n) is 2.62. The summed E-state index contributed by atoms with van der Waals surface area (Å²) in [5, 5.41) is 12.2. The molecule has 2 unspecified atom stereocenters. The number of nitrogens with zero attached hydrogens (tertiary/aromatic N) is 1. The molecule has 20 heavy (non-hydrogen) atoms. The molecule has 4 heteroatoms. The van der Waals surface area contributed by atoms with Crippen molar-refractivity contribution in [3.63, 3.8) is 0 Å². The quantitative estimate of drug-likeness (QED) is 0.939. The van der Waals surface area contributed by atoms with Crippen molar-refractivity contribution in [1.82, 2.24) is 4.98 Å². The van der Waals surface area contributed by atoms with Gasteiger partial charge in [0.25, 0.3) is 0 Å². The Morgan fingerprint density at radius 2 is 2.15 bits per heavy atom. The van der Waals surface area contributed by atoms with E-state index in [1.165, 1.54) is 11.1 Å². The SMILES string of the molecule is Cc1ccc(C2CC(c3nc(CO)cs3)CCO2)cc1. The van der Waals surface area contributed by atoms with Crippen molar-refractivity contribution >= 4 is 11.3 Å². The lowest BCUT2D eigenvalue weighted by atomic mass is 9.92. The maximum Gasteiger partial charge on any atom is 0.0962 e. The minimum Gasteiger partial charge on any atom is -0.390 e. The van der Waals surface area contributed by atoms with Gasteiger partial charge in [0, 0.05) is 17.9 Å². The Morgan fingerprint density at radius 1 is 1.35 bits per heavy atom. The highest BCUT2D eigenvalue weighted by Crippen LogP contribution is 2.38. The lowest BCUT2D eigenvalue weighted by molar-refractivity contribution is 0.00520. The number of thiazole rings is 1. The Hall–Kier alpha value is -1.23. The number of ether oxygens (including phenoxy) is 1. The van der Waals surface area contributed by atoms with Gasteiger partial charge in [0.15, 0.2) is 0 Å². The third-order valence-corrected chi connectivity index (χ3v) is 4.87. The second-order valence-corrected chi connectivity index (χ2v) is 6.22. The van der Waals surface area contributed by atoms with Gasteiger partial charge in [-0.1, -0.05) is 29.8 Å². The van der Waals surface area contributed by atoms with Crippen molar-refractivity contribution in [3.8, 4) is 0 Å². The van der Waals surface area contributed by atoms with Gasteiger partial charge < -0.3 is 9.84 Å². The third kappa shape index (κ3) is 2.92. The van der Waals surface area contributed by atoms with E-state index in [4.69, 9.17) is 9.84 Å². The van der Waals surface area contributed by atoms with Gasteiger partial charge in [-0.05, 0) is 25.3 Å². The molecular weight excluding hydrogens is 270 g/mol. The fraction of sp³-hybridized carbons (Fsp3) is 0.438. The second kappa shape index (κ2) is 6.04. The molecular formula is C16H19NO2S. The molecule has 2 aromatic rings. The van der Waals surface area contributed by atoms with Gasteiger partial charge in [-0.25, -0.2) is 4.98 Å². The summed E-state index contributed by atoms with van der Waals surface area (Å²) in [5.41, 5.74) is 3.30. The summed E-state index contributed by atoms with van der Waals surface area (Å²) in [4.78, 5) is 4.51. The highest BCUT2D eigenvalue weighted by atomic mass is 32.1. The van der Waals surface area contributed by atoms with E-state index in [9.17, 15) is 0 Å². The molecule has 2 atom stereocenters. The molecule has 2 heterocycles. The van der Waals surface area contributed by atoms with Crippen molar-refractivity contribution in [1.29, 1.82) is 0 Å². The first kappa shape index (κ1) is 13.7. The summed E-state index contributed by atoms with van der Waals surface area (Å²) in [7, 11) is 0. The summed E-state index contributed by atoms with van der Waals surface area (Å²) >= 11 is 1.65. The minimum atomic E-state index is 0.0289. The molecule has 1 saturated heterocycles. The van der Waals surface area contributed by atoms with Gasteiger partial charge in [0.1, 0.15) is 0 Å². The van der Waals surface area contributed by atoms with Crippen LogP contribution >= 0.6 is 11.3 Å². The predicted octanol–water partition coefficient (Wildman–Crippen LogP) is 3.58. The summed E-state index contributed by atoms with van der Waals surface area (Å²) in [5.74, 6) is 0.445. The first-order chi connectivity index (χ1) is 9.76. The monoisotopic (exact) mass is 289 g/mol. The molecule has 0 amide bonds. The maximum atomic E-state index is 9.12. The van der Waals surface area contributed by atoms with Crippen LogP contribution in [0.4, 0.5) is 0 Å². The average molecular weight is 289 g/mol. The number of rotatable bonds is 3. The van der Waals surface area contributed by atoms with Crippen molar-refractivity contribution in [2.45, 2.75) is 38.4 Å². The molecule has 0 radical (unpaired) electrons. The number of aryl methyl sites for hydroxylation is 1. The van der Waals surface area contributed by atoms with Crippen LogP contribution in [0.5, 0.6) is 0 Å². The van der Waals surface area contributed by atoms with E-state index in [0.717, 1.165) is 30.2 Å². The summed E-state index contributed by atoms with van der Waals surface area (Å²) in [6, 6.07) is 8.58. The van der Waals surface area contributed by atoms with Crippen LogP contribution in [0.2, 0.25) is 0 Å². The highest BCUT2D eigenvalue weighted by Gasteiger charge is 2.26. The molecule has 1 aliphatic heterocycles. The second-order valence-electron chi connectivity index (χ2n) is 5.33. The summed E-state index contributed by atoms with van der Waals surface area (Å²) in [6.45, 7) is 2.90. The number of aromatic nitrogens is 1. The van der Waals surface area contributed by atoms with E-state index in [1.807, 2.05) is 5.38 Å². The van der Waals surface area contributed by atoms with E-state index in [0.29, 0.717) is 5.92 Å². The summed E-state index contributed by atoms with van der Waals surface area (Å²) < 4.78 is 5.92. The average Bonchev–Trinajstić information content (AvgIpc) is 2.97. The Bertz CT molecular complexity index is 564. The van der Waals surface area contributed by atoms with Gasteiger partial charge in [-0.15, -0.1) is 11.3 Å². The zero-order valence-corrected chi connectivity index (χ0v) is 12.4. The number of aliphatic hydroxyl groups is 1. The first-order valence-corrected chi connectivity index (χ1v) is 7.87. The Balaban J connectivity index is 1.74. The summed E-state index contributed by atoms with van der Waals surface area (Å²) in [6.07, 6.45) is 2.15. The van der Waals surface area contributed by atoms with Gasteiger partial charge >= 0.3 is 0 Å². The standard InChI is InChI=1S/C16H19NO2S/c1-11-2-4-12(5-3-11)15-8-13(6-7-19-15)16-17-14(9-18)10-20-16/h2-5,10,13,15,18H,6-9H2,1H3. The van der Waals surface area contributed by atoms with E-state index in [1.54, 1.807) is 11.3 Å². The van der Waals surface area contributed by atoms with E-state index >= 15 is 0 Å². The topological polar surface area (TPSA) is 42.4 Å². The van der Waals surface area contributed by atoms with Crippen molar-refractivity contribution in [3.05, 3.63) is 51.5 Å². The van der Waals surface area contributed by atoms with Crippen LogP contribution < -0.4 is 0 Å². The van der Waals surface area contributed by atoms with Crippen LogP contribution in [0.15, 0.2) is 29.6 Å². The molecule has 1 aliphatic rings. The molecule has 3 nitrogen and oxygen atoms in total. The van der Waals surface area contributed by atoms with Gasteiger partial charge in [-0.2, -0.15) is 0 Å². The molecule has 3 rings (SSSR count). The molecule has 1 fully saturated rings. The van der Waals surface area contributed by atoms with Crippen molar-refractivity contribution in [2.75, 3.05) is 6.61 Å². The Morgan fingerprint density at radius 3 is 2.85 bits per heavy atom. The van der Waals surface area contributed by atoms with Crippen LogP contribution in [0.25, 0.3) is 0 Å². The van der Waals surface area contributed by atoms with E-state index in [2.05, 4.69) is 36.2 Å². The van der Waals surface area contributed by atoms with Crippen LogP contribution in [0.3, 0.4) is 0 Å². The maximum absolute atomic E-state index is 9.12. The zero-order chi connectivity index (χ0) is 13.9. The normalized spacial score (nSPS) is 22.9. The predicted molar refractivity (Wildman–Crippen MR) is 79.9 cm³/mol. The lowest BCUT2D eigenvalue weighted by Gasteiger charge is -2.28. The van der Waals surface area contributed by atoms with Crippen LogP contribution in [-0.2, 0) is 11.3 Å². The smallest absolute Gasteiger partial charge is 0.0962 e. The van der Waals surface area contributed by atoms with Crippen LogP contribution in [0, 0.1) is 6.92 Å². The highest BCUT2D eigenvalue weighted by molar-refractivity contribution is 7.09. The van der Waals surface area contributed by atoms with Crippen LogP contribution in [-0.4, -0.2) is 16.7 Å². The van der Waals surface area contributed by atoms with Crippen LogP contribution in [0.1, 0.15) is 46.7 Å². The van der Waals surface area contributed by atoms with E-state index < -0.39 is 0 Å². The van der Waals surface area contributed by atoms with Crippen molar-refractivity contribution in [2.24, 2.45) is 0 Å². The molecule has 1 aromatic heterocycles. The number of aliphatic hydroxyl groups excluding tert-OH is 1. The minimum absolute atomic E-state index is 0.0289. The molecule has 106 valence electrons.